The Kier molecular flexibility index (Phi) is 4.83. The molecule has 0 bridgehead atoms. The first-order valence-corrected chi connectivity index (χ1v) is 8.41. The van der Waals surface area contributed by atoms with Crippen LogP contribution in [0.15, 0.2) is 48.5 Å². The Morgan fingerprint density at radius 3 is 2.44 bits per heavy atom. The number of rotatable bonds is 5. The summed E-state index contributed by atoms with van der Waals surface area (Å²) in [6.45, 7) is 1.73. The van der Waals surface area contributed by atoms with Gasteiger partial charge >= 0.3 is 0 Å². The van der Waals surface area contributed by atoms with Crippen LogP contribution in [0.2, 0.25) is 0 Å². The fourth-order valence-electron chi connectivity index (χ4n) is 2.86. The van der Waals surface area contributed by atoms with Crippen LogP contribution in [-0.2, 0) is 4.79 Å². The van der Waals surface area contributed by atoms with E-state index in [9.17, 15) is 14.0 Å². The van der Waals surface area contributed by atoms with Crippen LogP contribution >= 0.6 is 0 Å². The van der Waals surface area contributed by atoms with Gasteiger partial charge in [0.05, 0.1) is 17.3 Å². The molecule has 130 valence electrons. The SMILES string of the molecule is C[C@@H](NC(=O)c1ccccc1N(C)C(=O)C1CC1)c1ccccc1F. The minimum Gasteiger partial charge on any atom is -0.345 e. The summed E-state index contributed by atoms with van der Waals surface area (Å²) in [7, 11) is 1.69. The van der Waals surface area contributed by atoms with E-state index in [4.69, 9.17) is 0 Å². The molecule has 2 aromatic rings. The molecule has 2 aromatic carbocycles. The summed E-state index contributed by atoms with van der Waals surface area (Å²) < 4.78 is 13.9. The molecule has 0 aromatic heterocycles. The van der Waals surface area contributed by atoms with E-state index < -0.39 is 6.04 Å². The second-order valence-electron chi connectivity index (χ2n) is 6.41. The van der Waals surface area contributed by atoms with Gasteiger partial charge in [-0.3, -0.25) is 9.59 Å². The smallest absolute Gasteiger partial charge is 0.253 e. The molecule has 2 amide bonds. The van der Waals surface area contributed by atoms with Crippen LogP contribution in [0, 0.1) is 11.7 Å². The number of amides is 2. The molecular weight excluding hydrogens is 319 g/mol. The van der Waals surface area contributed by atoms with Crippen molar-refractivity contribution in [3.05, 3.63) is 65.5 Å². The number of hydrogen-bond donors (Lipinski definition) is 1. The first-order chi connectivity index (χ1) is 12.0. The molecule has 0 heterocycles. The third-order valence-electron chi connectivity index (χ3n) is 4.49. The molecule has 1 N–H and O–H groups in total. The summed E-state index contributed by atoms with van der Waals surface area (Å²) in [6.07, 6.45) is 1.81. The number of halogens is 1. The maximum atomic E-state index is 13.9. The Hall–Kier alpha value is -2.69. The molecule has 0 radical (unpaired) electrons. The Labute approximate surface area is 146 Å². The maximum absolute atomic E-state index is 13.9. The second kappa shape index (κ2) is 7.05. The zero-order chi connectivity index (χ0) is 18.0. The minimum absolute atomic E-state index is 0.0300. The normalized spacial score (nSPS) is 14.7. The molecule has 5 heteroatoms. The standard InChI is InChI=1S/C20H21FN2O2/c1-13(15-7-3-5-9-17(15)21)22-19(24)16-8-4-6-10-18(16)23(2)20(25)14-11-12-14/h3-10,13-14H,11-12H2,1-2H3,(H,22,24)/t13-/m1/s1. The number of nitrogens with zero attached hydrogens (tertiary/aromatic N) is 1. The number of para-hydroxylation sites is 1. The lowest BCUT2D eigenvalue weighted by molar-refractivity contribution is -0.119. The summed E-state index contributed by atoms with van der Waals surface area (Å²) in [5.74, 6) is -0.590. The molecule has 0 spiro atoms. The average molecular weight is 340 g/mol. The van der Waals surface area contributed by atoms with Gasteiger partial charge in [0, 0.05) is 18.5 Å². The molecule has 3 rings (SSSR count). The van der Waals surface area contributed by atoms with Crippen molar-refractivity contribution in [3.63, 3.8) is 0 Å². The molecular formula is C20H21FN2O2. The highest BCUT2D eigenvalue weighted by Crippen LogP contribution is 2.33. The maximum Gasteiger partial charge on any atom is 0.253 e. The lowest BCUT2D eigenvalue weighted by Crippen LogP contribution is -2.32. The van der Waals surface area contributed by atoms with E-state index in [1.165, 1.54) is 6.07 Å². The lowest BCUT2D eigenvalue weighted by atomic mass is 10.1. The molecule has 25 heavy (non-hydrogen) atoms. The van der Waals surface area contributed by atoms with Gasteiger partial charge in [0.2, 0.25) is 5.91 Å². The summed E-state index contributed by atoms with van der Waals surface area (Å²) in [5, 5.41) is 2.82. The van der Waals surface area contributed by atoms with Crippen LogP contribution in [0.25, 0.3) is 0 Å². The Bertz CT molecular complexity index is 802. The van der Waals surface area contributed by atoms with E-state index in [1.807, 2.05) is 0 Å². The van der Waals surface area contributed by atoms with Gasteiger partial charge in [-0.25, -0.2) is 4.39 Å². The molecule has 4 nitrogen and oxygen atoms in total. The summed E-state index contributed by atoms with van der Waals surface area (Å²) in [6, 6.07) is 12.9. The predicted molar refractivity (Wildman–Crippen MR) is 94.9 cm³/mol. The monoisotopic (exact) mass is 340 g/mol. The number of nitrogens with one attached hydrogen (secondary N) is 1. The largest absolute Gasteiger partial charge is 0.345 e. The molecule has 1 aliphatic rings. The molecule has 1 atom stereocenters. The summed E-state index contributed by atoms with van der Waals surface area (Å²) in [4.78, 5) is 26.6. The van der Waals surface area contributed by atoms with Crippen molar-refractivity contribution in [2.45, 2.75) is 25.8 Å². The number of carbonyl (C=O) groups is 2. The lowest BCUT2D eigenvalue weighted by Gasteiger charge is -2.22. The Balaban J connectivity index is 1.80. The number of carbonyl (C=O) groups excluding carboxylic acids is 2. The third kappa shape index (κ3) is 3.71. The van der Waals surface area contributed by atoms with Crippen molar-refractivity contribution in [1.82, 2.24) is 5.32 Å². The van der Waals surface area contributed by atoms with E-state index in [-0.39, 0.29) is 23.5 Å². The first kappa shape index (κ1) is 17.1. The Morgan fingerprint density at radius 2 is 1.76 bits per heavy atom. The number of benzene rings is 2. The zero-order valence-corrected chi connectivity index (χ0v) is 14.3. The molecule has 0 aliphatic heterocycles. The predicted octanol–water partition coefficient (Wildman–Crippen LogP) is 3.69. The molecule has 1 saturated carbocycles. The Morgan fingerprint density at radius 1 is 1.12 bits per heavy atom. The minimum atomic E-state index is -0.480. The van der Waals surface area contributed by atoms with Gasteiger partial charge in [-0.15, -0.1) is 0 Å². The van der Waals surface area contributed by atoms with Crippen molar-refractivity contribution in [1.29, 1.82) is 0 Å². The van der Waals surface area contributed by atoms with Crippen molar-refractivity contribution >= 4 is 17.5 Å². The van der Waals surface area contributed by atoms with E-state index in [1.54, 1.807) is 61.3 Å². The van der Waals surface area contributed by atoms with Crippen LogP contribution in [0.1, 0.15) is 41.7 Å². The zero-order valence-electron chi connectivity index (χ0n) is 14.3. The van der Waals surface area contributed by atoms with Crippen molar-refractivity contribution < 1.29 is 14.0 Å². The highest BCUT2D eigenvalue weighted by Gasteiger charge is 2.33. The van der Waals surface area contributed by atoms with E-state index in [0.717, 1.165) is 12.8 Å². The van der Waals surface area contributed by atoms with Gasteiger partial charge in [0.15, 0.2) is 0 Å². The molecule has 1 fully saturated rings. The van der Waals surface area contributed by atoms with Crippen LogP contribution in [-0.4, -0.2) is 18.9 Å². The van der Waals surface area contributed by atoms with Gasteiger partial charge in [-0.1, -0.05) is 30.3 Å². The summed E-state index contributed by atoms with van der Waals surface area (Å²) in [5.41, 5.74) is 1.40. The average Bonchev–Trinajstić information content (AvgIpc) is 3.45. The topological polar surface area (TPSA) is 49.4 Å². The van der Waals surface area contributed by atoms with Gasteiger partial charge in [-0.05, 0) is 38.0 Å². The number of hydrogen-bond acceptors (Lipinski definition) is 2. The first-order valence-electron chi connectivity index (χ1n) is 8.41. The van der Waals surface area contributed by atoms with E-state index in [2.05, 4.69) is 5.32 Å². The van der Waals surface area contributed by atoms with Gasteiger partial charge in [-0.2, -0.15) is 0 Å². The molecule has 0 unspecified atom stereocenters. The number of anilines is 1. The fraction of sp³-hybridized carbons (Fsp3) is 0.300. The van der Waals surface area contributed by atoms with Crippen molar-refractivity contribution in [3.8, 4) is 0 Å². The van der Waals surface area contributed by atoms with E-state index >= 15 is 0 Å². The fourth-order valence-corrected chi connectivity index (χ4v) is 2.86. The quantitative estimate of drug-likeness (QED) is 0.902. The van der Waals surface area contributed by atoms with Crippen molar-refractivity contribution in [2.75, 3.05) is 11.9 Å². The van der Waals surface area contributed by atoms with Crippen LogP contribution in [0.3, 0.4) is 0 Å². The highest BCUT2D eigenvalue weighted by molar-refractivity contribution is 6.05. The summed E-state index contributed by atoms with van der Waals surface area (Å²) >= 11 is 0. The second-order valence-corrected chi connectivity index (χ2v) is 6.41. The van der Waals surface area contributed by atoms with E-state index in [0.29, 0.717) is 16.8 Å². The van der Waals surface area contributed by atoms with Gasteiger partial charge in [0.25, 0.3) is 5.91 Å². The molecule has 1 aliphatic carbocycles. The van der Waals surface area contributed by atoms with Crippen LogP contribution < -0.4 is 10.2 Å². The highest BCUT2D eigenvalue weighted by atomic mass is 19.1. The van der Waals surface area contributed by atoms with Crippen LogP contribution in [0.5, 0.6) is 0 Å². The van der Waals surface area contributed by atoms with Crippen LogP contribution in [0.4, 0.5) is 10.1 Å². The third-order valence-corrected chi connectivity index (χ3v) is 4.49. The van der Waals surface area contributed by atoms with Crippen molar-refractivity contribution in [2.24, 2.45) is 5.92 Å². The molecule has 0 saturated heterocycles. The van der Waals surface area contributed by atoms with Gasteiger partial charge < -0.3 is 10.2 Å². The van der Waals surface area contributed by atoms with Gasteiger partial charge in [0.1, 0.15) is 5.82 Å².